The van der Waals surface area contributed by atoms with E-state index >= 15 is 0 Å². The molecule has 4 heteroatoms. The lowest BCUT2D eigenvalue weighted by molar-refractivity contribution is -0.141. The van der Waals surface area contributed by atoms with Gasteiger partial charge in [0, 0.05) is 18.3 Å². The van der Waals surface area contributed by atoms with Gasteiger partial charge in [-0.25, -0.2) is 0 Å². The zero-order valence-corrected chi connectivity index (χ0v) is 8.82. The van der Waals surface area contributed by atoms with E-state index in [-0.39, 0.29) is 5.97 Å². The van der Waals surface area contributed by atoms with Crippen LogP contribution in [0.15, 0.2) is 18.2 Å². The third-order valence-corrected chi connectivity index (χ3v) is 1.95. The van der Waals surface area contributed by atoms with Crippen LogP contribution in [0.3, 0.4) is 0 Å². The lowest BCUT2D eigenvalue weighted by atomic mass is 10.1. The molecule has 0 aliphatic carbocycles. The molecule has 0 heterocycles. The minimum atomic E-state index is -0.248. The lowest BCUT2D eigenvalue weighted by Crippen LogP contribution is -2.02. The van der Waals surface area contributed by atoms with E-state index in [1.54, 1.807) is 6.07 Å². The fraction of sp³-hybridized carbons (Fsp3) is 0.364. The molecule has 82 valence electrons. The number of hydrogen-bond acceptors (Lipinski definition) is 4. The van der Waals surface area contributed by atoms with Gasteiger partial charge in [-0.2, -0.15) is 0 Å². The smallest absolute Gasteiger partial charge is 0.302 e. The third kappa shape index (κ3) is 4.35. The van der Waals surface area contributed by atoms with E-state index in [1.165, 1.54) is 6.92 Å². The van der Waals surface area contributed by atoms with Crippen LogP contribution in [-0.2, 0) is 16.0 Å². The minimum Gasteiger partial charge on any atom is -0.466 e. The molecule has 0 amide bonds. The van der Waals surface area contributed by atoms with Crippen molar-refractivity contribution in [3.63, 3.8) is 0 Å². The second kappa shape index (κ2) is 5.24. The first-order valence-corrected chi connectivity index (χ1v) is 4.86. The van der Waals surface area contributed by atoms with E-state index in [9.17, 15) is 4.79 Å². The fourth-order valence-electron chi connectivity index (χ4n) is 1.38. The molecule has 15 heavy (non-hydrogen) atoms. The summed E-state index contributed by atoms with van der Waals surface area (Å²) in [6, 6.07) is 5.48. The van der Waals surface area contributed by atoms with Crippen LogP contribution in [0.25, 0.3) is 0 Å². The van der Waals surface area contributed by atoms with Crippen molar-refractivity contribution in [3.05, 3.63) is 23.8 Å². The summed E-state index contributed by atoms with van der Waals surface area (Å²) in [6.07, 6.45) is 1.59. The van der Waals surface area contributed by atoms with Gasteiger partial charge in [-0.1, -0.05) is 0 Å². The van der Waals surface area contributed by atoms with E-state index in [0.717, 1.165) is 18.4 Å². The molecule has 0 bridgehead atoms. The second-order valence-electron chi connectivity index (χ2n) is 3.45. The van der Waals surface area contributed by atoms with Gasteiger partial charge in [0.15, 0.2) is 0 Å². The van der Waals surface area contributed by atoms with Crippen molar-refractivity contribution in [2.24, 2.45) is 0 Å². The first-order valence-electron chi connectivity index (χ1n) is 4.86. The van der Waals surface area contributed by atoms with Gasteiger partial charge in [0.25, 0.3) is 0 Å². The highest BCUT2D eigenvalue weighted by molar-refractivity contribution is 5.65. The predicted molar refractivity (Wildman–Crippen MR) is 60.2 cm³/mol. The van der Waals surface area contributed by atoms with Crippen LogP contribution < -0.4 is 11.5 Å². The van der Waals surface area contributed by atoms with Gasteiger partial charge < -0.3 is 16.2 Å². The number of carbonyl (C=O) groups is 1. The van der Waals surface area contributed by atoms with Gasteiger partial charge in [-0.3, -0.25) is 4.79 Å². The van der Waals surface area contributed by atoms with Gasteiger partial charge in [-0.05, 0) is 36.6 Å². The number of rotatable bonds is 4. The van der Waals surface area contributed by atoms with Crippen LogP contribution in [-0.4, -0.2) is 12.6 Å². The van der Waals surface area contributed by atoms with Crippen molar-refractivity contribution in [3.8, 4) is 0 Å². The number of hydrogen-bond donors (Lipinski definition) is 2. The summed E-state index contributed by atoms with van der Waals surface area (Å²) in [5.74, 6) is -0.248. The highest BCUT2D eigenvalue weighted by Crippen LogP contribution is 2.14. The molecular formula is C11H16N2O2. The molecule has 0 fully saturated rings. The van der Waals surface area contributed by atoms with Crippen molar-refractivity contribution in [1.82, 2.24) is 0 Å². The predicted octanol–water partition coefficient (Wildman–Crippen LogP) is 1.35. The summed E-state index contributed by atoms with van der Waals surface area (Å²) < 4.78 is 4.82. The molecule has 0 saturated carbocycles. The first-order chi connectivity index (χ1) is 7.08. The zero-order chi connectivity index (χ0) is 11.3. The number of nitrogens with two attached hydrogens (primary N) is 2. The summed E-state index contributed by atoms with van der Waals surface area (Å²) in [5, 5.41) is 0. The Morgan fingerprint density at radius 1 is 1.27 bits per heavy atom. The second-order valence-corrected chi connectivity index (χ2v) is 3.45. The Morgan fingerprint density at radius 2 is 1.87 bits per heavy atom. The van der Waals surface area contributed by atoms with Crippen molar-refractivity contribution < 1.29 is 9.53 Å². The minimum absolute atomic E-state index is 0.248. The maximum Gasteiger partial charge on any atom is 0.302 e. The topological polar surface area (TPSA) is 78.3 Å². The molecule has 1 aromatic carbocycles. The van der Waals surface area contributed by atoms with Crippen molar-refractivity contribution >= 4 is 17.3 Å². The number of benzene rings is 1. The molecule has 0 atom stereocenters. The van der Waals surface area contributed by atoms with E-state index in [2.05, 4.69) is 0 Å². The van der Waals surface area contributed by atoms with Crippen LogP contribution >= 0.6 is 0 Å². The van der Waals surface area contributed by atoms with E-state index in [4.69, 9.17) is 16.2 Å². The molecule has 0 aliphatic rings. The monoisotopic (exact) mass is 208 g/mol. The summed E-state index contributed by atoms with van der Waals surface area (Å²) >= 11 is 0. The molecule has 1 rings (SSSR count). The lowest BCUT2D eigenvalue weighted by Gasteiger charge is -2.05. The van der Waals surface area contributed by atoms with E-state index in [1.807, 2.05) is 12.1 Å². The maximum atomic E-state index is 10.5. The Balaban J connectivity index is 2.40. The third-order valence-electron chi connectivity index (χ3n) is 1.95. The van der Waals surface area contributed by atoms with Gasteiger partial charge in [0.2, 0.25) is 0 Å². The zero-order valence-electron chi connectivity index (χ0n) is 8.82. The van der Waals surface area contributed by atoms with Gasteiger partial charge in [0.1, 0.15) is 0 Å². The highest BCUT2D eigenvalue weighted by Gasteiger charge is 1.98. The normalized spacial score (nSPS) is 9.93. The van der Waals surface area contributed by atoms with E-state index < -0.39 is 0 Å². The number of anilines is 2. The van der Waals surface area contributed by atoms with Crippen molar-refractivity contribution in [2.45, 2.75) is 19.8 Å². The first kappa shape index (κ1) is 11.4. The largest absolute Gasteiger partial charge is 0.466 e. The summed E-state index contributed by atoms with van der Waals surface area (Å²) in [6.45, 7) is 1.84. The van der Waals surface area contributed by atoms with Crippen LogP contribution in [0.4, 0.5) is 11.4 Å². The maximum absolute atomic E-state index is 10.5. The van der Waals surface area contributed by atoms with Crippen LogP contribution in [0.2, 0.25) is 0 Å². The highest BCUT2D eigenvalue weighted by atomic mass is 16.5. The Kier molecular flexibility index (Phi) is 3.97. The molecule has 0 radical (unpaired) electrons. The SMILES string of the molecule is CC(=O)OCCCc1cc(N)cc(N)c1. The molecule has 4 nitrogen and oxygen atoms in total. The molecule has 0 spiro atoms. The molecule has 4 N–H and O–H groups in total. The quantitative estimate of drug-likeness (QED) is 0.444. The summed E-state index contributed by atoms with van der Waals surface area (Å²) in [5.41, 5.74) is 13.7. The number of nitrogen functional groups attached to an aromatic ring is 2. The Morgan fingerprint density at radius 3 is 2.40 bits per heavy atom. The molecular weight excluding hydrogens is 192 g/mol. The van der Waals surface area contributed by atoms with Gasteiger partial charge in [0.05, 0.1) is 6.61 Å². The van der Waals surface area contributed by atoms with Crippen LogP contribution in [0, 0.1) is 0 Å². The summed E-state index contributed by atoms with van der Waals surface area (Å²) in [4.78, 5) is 10.5. The Bertz CT molecular complexity index is 330. The number of ether oxygens (including phenoxy) is 1. The number of carbonyl (C=O) groups excluding carboxylic acids is 1. The van der Waals surface area contributed by atoms with Crippen LogP contribution in [0.1, 0.15) is 18.9 Å². The fourth-order valence-corrected chi connectivity index (χ4v) is 1.38. The van der Waals surface area contributed by atoms with E-state index in [0.29, 0.717) is 18.0 Å². The number of aryl methyl sites for hydroxylation is 1. The Labute approximate surface area is 89.2 Å². The Hall–Kier alpha value is -1.71. The standard InChI is InChI=1S/C11H16N2O2/c1-8(14)15-4-2-3-9-5-10(12)7-11(13)6-9/h5-7H,2-4,12-13H2,1H3. The molecule has 0 saturated heterocycles. The molecule has 0 aromatic heterocycles. The average Bonchev–Trinajstić information content (AvgIpc) is 2.10. The van der Waals surface area contributed by atoms with Gasteiger partial charge >= 0.3 is 5.97 Å². The molecule has 1 aromatic rings. The van der Waals surface area contributed by atoms with Crippen molar-refractivity contribution in [1.29, 1.82) is 0 Å². The number of esters is 1. The summed E-state index contributed by atoms with van der Waals surface area (Å²) in [7, 11) is 0. The van der Waals surface area contributed by atoms with Crippen LogP contribution in [0.5, 0.6) is 0 Å². The van der Waals surface area contributed by atoms with Crippen molar-refractivity contribution in [2.75, 3.05) is 18.1 Å². The van der Waals surface area contributed by atoms with Gasteiger partial charge in [-0.15, -0.1) is 0 Å². The average molecular weight is 208 g/mol. The molecule has 0 unspecified atom stereocenters. The molecule has 0 aliphatic heterocycles.